The molecule has 0 aliphatic heterocycles. The molecule has 226 valence electrons. The molecule has 0 spiro atoms. The summed E-state index contributed by atoms with van der Waals surface area (Å²) < 4.78 is 0. The lowest BCUT2D eigenvalue weighted by atomic mass is 9.92. The first-order valence-corrected chi connectivity index (χ1v) is 18.4. The third-order valence-electron chi connectivity index (χ3n) is 8.45. The average Bonchev–Trinajstić information content (AvgIpc) is 3.55. The maximum atomic E-state index is 2.61. The van der Waals surface area contributed by atoms with E-state index >= 15 is 0 Å². The number of benzene rings is 5. The Morgan fingerprint density at radius 1 is 0.533 bits per heavy atom. The quantitative estimate of drug-likeness (QED) is 0.136. The van der Waals surface area contributed by atoms with Crippen molar-refractivity contribution in [1.82, 2.24) is 9.80 Å². The van der Waals surface area contributed by atoms with Crippen LogP contribution in [0.25, 0.3) is 0 Å². The molecule has 0 amide bonds. The summed E-state index contributed by atoms with van der Waals surface area (Å²) in [5.74, 6) is 0.244. The highest BCUT2D eigenvalue weighted by Crippen LogP contribution is 2.53. The molecule has 4 heteroatoms. The topological polar surface area (TPSA) is 6.48 Å². The number of rotatable bonds is 12. The Balaban J connectivity index is 1.51. The smallest absolute Gasteiger partial charge is 0.0456 e. The number of allylic oxidation sites excluding steroid dienone is 2. The maximum absolute atomic E-state index is 2.61. The van der Waals surface area contributed by atoms with Crippen molar-refractivity contribution in [2.45, 2.75) is 6.04 Å². The number of likely N-dealkylation sites (N-methyl/N-ethyl adjacent to an activating group) is 2. The third-order valence-corrected chi connectivity index (χ3v) is 13.6. The zero-order valence-electron chi connectivity index (χ0n) is 26.4. The minimum Gasteiger partial charge on any atom is -0.308 e. The van der Waals surface area contributed by atoms with Crippen LogP contribution in [0.3, 0.4) is 0 Å². The van der Waals surface area contributed by atoms with Gasteiger partial charge in [-0.05, 0) is 74.4 Å². The van der Waals surface area contributed by atoms with Crippen molar-refractivity contribution in [2.24, 2.45) is 5.92 Å². The molecular formula is C41H42N2P2. The van der Waals surface area contributed by atoms with E-state index in [-0.39, 0.29) is 12.0 Å². The Kier molecular flexibility index (Phi) is 10.5. The van der Waals surface area contributed by atoms with Gasteiger partial charge in [-0.3, -0.25) is 4.90 Å². The van der Waals surface area contributed by atoms with Gasteiger partial charge in [-0.15, -0.1) is 0 Å². The first kappa shape index (κ1) is 31.3. The fraction of sp³-hybridized carbons (Fsp3) is 0.171. The second kappa shape index (κ2) is 15.1. The number of hydrogen-bond donors (Lipinski definition) is 0. The first-order valence-electron chi connectivity index (χ1n) is 15.7. The van der Waals surface area contributed by atoms with Gasteiger partial charge in [-0.25, -0.2) is 0 Å². The summed E-state index contributed by atoms with van der Waals surface area (Å²) in [5.41, 5.74) is 1.43. The van der Waals surface area contributed by atoms with E-state index in [0.717, 1.165) is 13.1 Å². The second-order valence-corrected chi connectivity index (χ2v) is 16.2. The fourth-order valence-electron chi connectivity index (χ4n) is 6.30. The molecule has 1 aliphatic rings. The summed E-state index contributed by atoms with van der Waals surface area (Å²) in [7, 11) is 5.21. The van der Waals surface area contributed by atoms with E-state index in [4.69, 9.17) is 0 Å². The summed E-state index contributed by atoms with van der Waals surface area (Å²) in [6.45, 7) is 1.98. The zero-order chi connectivity index (χ0) is 31.0. The lowest BCUT2D eigenvalue weighted by Crippen LogP contribution is -2.38. The van der Waals surface area contributed by atoms with Gasteiger partial charge in [0.05, 0.1) is 0 Å². The highest BCUT2D eigenvalue weighted by molar-refractivity contribution is 7.80. The van der Waals surface area contributed by atoms with Crippen LogP contribution >= 0.6 is 15.8 Å². The average molecular weight is 625 g/mol. The lowest BCUT2D eigenvalue weighted by Gasteiger charge is -2.38. The van der Waals surface area contributed by atoms with E-state index in [2.05, 4.69) is 195 Å². The zero-order valence-corrected chi connectivity index (χ0v) is 28.2. The molecule has 0 aromatic heterocycles. The van der Waals surface area contributed by atoms with Crippen LogP contribution < -0.4 is 26.5 Å². The van der Waals surface area contributed by atoms with Gasteiger partial charge in [0.2, 0.25) is 0 Å². The van der Waals surface area contributed by atoms with Crippen molar-refractivity contribution < 1.29 is 0 Å². The summed E-state index contributed by atoms with van der Waals surface area (Å²) in [6, 6.07) is 54.0. The Labute approximate surface area is 272 Å². The highest BCUT2D eigenvalue weighted by Gasteiger charge is 2.36. The van der Waals surface area contributed by atoms with Crippen LogP contribution in [0.5, 0.6) is 0 Å². The molecular weight excluding hydrogens is 582 g/mol. The SMILES string of the molecule is CN(C)CCN(C)C(c1ccccc1P(c1ccccc1)c1ccccc1)C1C=CC=C1P(c1ccccc1)c1ccccc1. The fourth-order valence-corrected chi connectivity index (χ4v) is 11.4. The Hall–Kier alpha value is -3.64. The van der Waals surface area contributed by atoms with Gasteiger partial charge in [-0.2, -0.15) is 0 Å². The minimum absolute atomic E-state index is 0.181. The van der Waals surface area contributed by atoms with Crippen molar-refractivity contribution in [3.63, 3.8) is 0 Å². The number of nitrogens with zero attached hydrogens (tertiary/aromatic N) is 2. The van der Waals surface area contributed by atoms with E-state index in [1.165, 1.54) is 37.4 Å². The van der Waals surface area contributed by atoms with Gasteiger partial charge in [0, 0.05) is 25.0 Å². The summed E-state index contributed by atoms with van der Waals surface area (Å²) in [4.78, 5) is 4.91. The second-order valence-electron chi connectivity index (χ2n) is 11.8. The summed E-state index contributed by atoms with van der Waals surface area (Å²) in [6.07, 6.45) is 7.20. The van der Waals surface area contributed by atoms with Gasteiger partial charge in [-0.1, -0.05) is 164 Å². The Bertz CT molecular complexity index is 1620. The summed E-state index contributed by atoms with van der Waals surface area (Å²) in [5, 5.41) is 8.52. The Morgan fingerprint density at radius 2 is 0.978 bits per heavy atom. The van der Waals surface area contributed by atoms with Gasteiger partial charge in [0.15, 0.2) is 0 Å². The first-order chi connectivity index (χ1) is 22.1. The maximum Gasteiger partial charge on any atom is 0.0456 e. The van der Waals surface area contributed by atoms with E-state index in [1.54, 1.807) is 0 Å². The molecule has 2 unspecified atom stereocenters. The number of hydrogen-bond acceptors (Lipinski definition) is 2. The molecule has 5 aromatic carbocycles. The molecule has 2 nitrogen and oxygen atoms in total. The van der Waals surface area contributed by atoms with Crippen LogP contribution in [0.2, 0.25) is 0 Å². The third kappa shape index (κ3) is 7.27. The van der Waals surface area contributed by atoms with Crippen molar-refractivity contribution in [2.75, 3.05) is 34.2 Å². The van der Waals surface area contributed by atoms with Crippen LogP contribution in [0.4, 0.5) is 0 Å². The molecule has 0 bridgehead atoms. The van der Waals surface area contributed by atoms with Crippen LogP contribution in [-0.4, -0.2) is 44.0 Å². The van der Waals surface area contributed by atoms with Crippen LogP contribution in [0.1, 0.15) is 11.6 Å². The molecule has 0 N–H and O–H groups in total. The van der Waals surface area contributed by atoms with E-state index in [9.17, 15) is 0 Å². The van der Waals surface area contributed by atoms with E-state index in [0.29, 0.717) is 0 Å². The predicted octanol–water partition coefficient (Wildman–Crippen LogP) is 7.18. The molecule has 0 fully saturated rings. The van der Waals surface area contributed by atoms with Crippen LogP contribution in [0, 0.1) is 5.92 Å². The summed E-state index contributed by atoms with van der Waals surface area (Å²) >= 11 is 0. The van der Waals surface area contributed by atoms with Crippen molar-refractivity contribution >= 4 is 42.4 Å². The largest absolute Gasteiger partial charge is 0.308 e. The molecule has 0 saturated heterocycles. The van der Waals surface area contributed by atoms with Crippen molar-refractivity contribution in [3.05, 3.63) is 175 Å². The molecule has 0 saturated carbocycles. The van der Waals surface area contributed by atoms with Crippen molar-refractivity contribution in [1.29, 1.82) is 0 Å². The van der Waals surface area contributed by atoms with Gasteiger partial charge < -0.3 is 4.90 Å². The molecule has 0 heterocycles. The van der Waals surface area contributed by atoms with Gasteiger partial charge in [0.25, 0.3) is 0 Å². The molecule has 0 radical (unpaired) electrons. The van der Waals surface area contributed by atoms with Crippen molar-refractivity contribution in [3.8, 4) is 0 Å². The highest BCUT2D eigenvalue weighted by atomic mass is 31.1. The molecule has 2 atom stereocenters. The normalized spacial score (nSPS) is 15.3. The standard InChI is InChI=1S/C41H42N2P2/c1-42(2)31-32-43(3)41(38-28-18-30-40(38)45(35-23-12-6-13-24-35)36-25-14-7-15-26-36)37-27-16-17-29-39(37)44(33-19-8-4-9-20-33)34-21-10-5-11-22-34/h4-30,38,41H,31-32H2,1-3H3. The Morgan fingerprint density at radius 3 is 1.47 bits per heavy atom. The van der Waals surface area contributed by atoms with Crippen LogP contribution in [-0.2, 0) is 0 Å². The predicted molar refractivity (Wildman–Crippen MR) is 199 cm³/mol. The minimum atomic E-state index is -0.753. The van der Waals surface area contributed by atoms with E-state index in [1.807, 2.05) is 0 Å². The van der Waals surface area contributed by atoms with Crippen LogP contribution in [0.15, 0.2) is 169 Å². The van der Waals surface area contributed by atoms with Gasteiger partial charge >= 0.3 is 0 Å². The van der Waals surface area contributed by atoms with E-state index < -0.39 is 15.8 Å². The molecule has 1 aliphatic carbocycles. The van der Waals surface area contributed by atoms with Gasteiger partial charge in [0.1, 0.15) is 0 Å². The molecule has 5 aromatic rings. The molecule has 6 rings (SSSR count). The molecule has 45 heavy (non-hydrogen) atoms. The lowest BCUT2D eigenvalue weighted by molar-refractivity contribution is 0.197. The monoisotopic (exact) mass is 624 g/mol.